The monoisotopic (exact) mass is 340 g/mol. The van der Waals surface area contributed by atoms with E-state index in [4.69, 9.17) is 16.0 Å². The molecule has 0 saturated carbocycles. The van der Waals surface area contributed by atoms with Crippen molar-refractivity contribution >= 4 is 23.2 Å². The van der Waals surface area contributed by atoms with Gasteiger partial charge in [0.05, 0.1) is 11.2 Å². The molecular formula is C19H17ClN2O2. The first-order chi connectivity index (χ1) is 11.6. The molecule has 0 fully saturated rings. The smallest absolute Gasteiger partial charge is 0.224 e. The van der Waals surface area contributed by atoms with Crippen LogP contribution >= 0.6 is 11.6 Å². The highest BCUT2D eigenvalue weighted by Gasteiger charge is 2.11. The normalized spacial score (nSPS) is 10.6. The highest BCUT2D eigenvalue weighted by molar-refractivity contribution is 6.33. The summed E-state index contributed by atoms with van der Waals surface area (Å²) in [4.78, 5) is 16.2. The van der Waals surface area contributed by atoms with E-state index < -0.39 is 0 Å². The van der Waals surface area contributed by atoms with Gasteiger partial charge in [0.1, 0.15) is 0 Å². The van der Waals surface area contributed by atoms with E-state index in [1.807, 2.05) is 49.4 Å². The van der Waals surface area contributed by atoms with Crippen molar-refractivity contribution in [1.82, 2.24) is 4.98 Å². The van der Waals surface area contributed by atoms with Crippen molar-refractivity contribution in [1.29, 1.82) is 0 Å². The van der Waals surface area contributed by atoms with Gasteiger partial charge in [-0.1, -0.05) is 35.9 Å². The number of nitrogens with zero attached hydrogens (tertiary/aromatic N) is 1. The molecule has 5 heteroatoms. The molecule has 1 N–H and O–H groups in total. The van der Waals surface area contributed by atoms with Crippen molar-refractivity contribution in [3.05, 3.63) is 71.2 Å². The van der Waals surface area contributed by atoms with Crippen molar-refractivity contribution in [3.63, 3.8) is 0 Å². The largest absolute Gasteiger partial charge is 0.441 e. The molecule has 0 aliphatic heterocycles. The zero-order chi connectivity index (χ0) is 16.9. The van der Waals surface area contributed by atoms with Crippen LogP contribution in [0.2, 0.25) is 5.02 Å². The van der Waals surface area contributed by atoms with Crippen molar-refractivity contribution in [2.75, 3.05) is 5.32 Å². The quantitative estimate of drug-likeness (QED) is 0.720. The third-order valence-electron chi connectivity index (χ3n) is 3.56. The van der Waals surface area contributed by atoms with E-state index in [-0.39, 0.29) is 5.91 Å². The predicted octanol–water partition coefficient (Wildman–Crippen LogP) is 4.87. The van der Waals surface area contributed by atoms with Crippen LogP contribution in [0.3, 0.4) is 0 Å². The number of hydrogen-bond acceptors (Lipinski definition) is 3. The molecule has 0 atom stereocenters. The fraction of sp³-hybridized carbons (Fsp3) is 0.158. The molecule has 122 valence electrons. The van der Waals surface area contributed by atoms with Crippen LogP contribution < -0.4 is 5.32 Å². The second kappa shape index (κ2) is 7.32. The SMILES string of the molecule is Cc1cccc(NC(=O)CCc2ncc(-c3ccccc3Cl)o2)c1. The lowest BCUT2D eigenvalue weighted by molar-refractivity contribution is -0.116. The number of nitrogens with one attached hydrogen (secondary N) is 1. The first kappa shape index (κ1) is 16.3. The number of carbonyl (C=O) groups is 1. The van der Waals surface area contributed by atoms with Gasteiger partial charge in [0.15, 0.2) is 11.7 Å². The van der Waals surface area contributed by atoms with E-state index in [0.29, 0.717) is 29.5 Å². The van der Waals surface area contributed by atoms with Gasteiger partial charge in [0.25, 0.3) is 0 Å². The second-order valence-corrected chi connectivity index (χ2v) is 5.92. The maximum Gasteiger partial charge on any atom is 0.224 e. The molecule has 0 unspecified atom stereocenters. The van der Waals surface area contributed by atoms with E-state index in [0.717, 1.165) is 16.8 Å². The second-order valence-electron chi connectivity index (χ2n) is 5.52. The highest BCUT2D eigenvalue weighted by atomic mass is 35.5. The zero-order valence-corrected chi connectivity index (χ0v) is 14.0. The number of oxazole rings is 1. The van der Waals surface area contributed by atoms with E-state index in [1.54, 1.807) is 12.3 Å². The summed E-state index contributed by atoms with van der Waals surface area (Å²) >= 11 is 6.15. The number of rotatable bonds is 5. The van der Waals surface area contributed by atoms with Crippen LogP contribution in [-0.2, 0) is 11.2 Å². The van der Waals surface area contributed by atoms with Crippen molar-refractivity contribution in [2.45, 2.75) is 19.8 Å². The lowest BCUT2D eigenvalue weighted by atomic mass is 10.2. The molecule has 0 spiro atoms. The van der Waals surface area contributed by atoms with Gasteiger partial charge < -0.3 is 9.73 Å². The van der Waals surface area contributed by atoms with Crippen molar-refractivity contribution < 1.29 is 9.21 Å². The minimum atomic E-state index is -0.0712. The lowest BCUT2D eigenvalue weighted by Crippen LogP contribution is -2.12. The minimum Gasteiger partial charge on any atom is -0.441 e. The number of anilines is 1. The predicted molar refractivity (Wildman–Crippen MR) is 95.1 cm³/mol. The molecule has 3 aromatic rings. The van der Waals surface area contributed by atoms with E-state index in [1.165, 1.54) is 0 Å². The average Bonchev–Trinajstić information content (AvgIpc) is 3.02. The zero-order valence-electron chi connectivity index (χ0n) is 13.3. The molecule has 1 amide bonds. The van der Waals surface area contributed by atoms with E-state index in [2.05, 4.69) is 10.3 Å². The molecule has 4 nitrogen and oxygen atoms in total. The average molecular weight is 341 g/mol. The minimum absolute atomic E-state index is 0.0712. The fourth-order valence-corrected chi connectivity index (χ4v) is 2.61. The molecule has 2 aromatic carbocycles. The van der Waals surface area contributed by atoms with Gasteiger partial charge in [0, 0.05) is 24.1 Å². The molecular weight excluding hydrogens is 324 g/mol. The maximum absolute atomic E-state index is 12.0. The van der Waals surface area contributed by atoms with E-state index >= 15 is 0 Å². The highest BCUT2D eigenvalue weighted by Crippen LogP contribution is 2.28. The Morgan fingerprint density at radius 2 is 2.04 bits per heavy atom. The topological polar surface area (TPSA) is 55.1 Å². The van der Waals surface area contributed by atoms with Gasteiger partial charge in [-0.3, -0.25) is 4.79 Å². The van der Waals surface area contributed by atoms with Gasteiger partial charge in [-0.05, 0) is 36.8 Å². The number of halogens is 1. The molecule has 1 aromatic heterocycles. The van der Waals surface area contributed by atoms with Gasteiger partial charge in [-0.15, -0.1) is 0 Å². The Morgan fingerprint density at radius 3 is 2.83 bits per heavy atom. The maximum atomic E-state index is 12.0. The standard InChI is InChI=1S/C19H17ClN2O2/c1-13-5-4-6-14(11-13)22-18(23)9-10-19-21-12-17(24-19)15-7-2-3-8-16(15)20/h2-8,11-12H,9-10H2,1H3,(H,22,23). The van der Waals surface area contributed by atoms with Gasteiger partial charge in [-0.25, -0.2) is 4.98 Å². The summed E-state index contributed by atoms with van der Waals surface area (Å²) in [5.41, 5.74) is 2.69. The summed E-state index contributed by atoms with van der Waals surface area (Å²) in [7, 11) is 0. The molecule has 0 bridgehead atoms. The fourth-order valence-electron chi connectivity index (χ4n) is 2.38. The van der Waals surface area contributed by atoms with E-state index in [9.17, 15) is 4.79 Å². The molecule has 0 aliphatic carbocycles. The molecule has 1 heterocycles. The Balaban J connectivity index is 1.59. The Bertz CT molecular complexity index is 858. The van der Waals surface area contributed by atoms with Crippen LogP contribution in [0.15, 0.2) is 59.1 Å². The lowest BCUT2D eigenvalue weighted by Gasteiger charge is -2.05. The number of aryl methyl sites for hydroxylation is 2. The van der Waals surface area contributed by atoms with Crippen LogP contribution in [-0.4, -0.2) is 10.9 Å². The Morgan fingerprint density at radius 1 is 1.21 bits per heavy atom. The molecule has 0 radical (unpaired) electrons. The first-order valence-electron chi connectivity index (χ1n) is 7.68. The summed E-state index contributed by atoms with van der Waals surface area (Å²) in [6.07, 6.45) is 2.37. The molecule has 24 heavy (non-hydrogen) atoms. The van der Waals surface area contributed by atoms with Gasteiger partial charge >= 0.3 is 0 Å². The van der Waals surface area contributed by atoms with Crippen LogP contribution in [0.25, 0.3) is 11.3 Å². The number of benzene rings is 2. The first-order valence-corrected chi connectivity index (χ1v) is 8.06. The van der Waals surface area contributed by atoms with Crippen LogP contribution in [0, 0.1) is 6.92 Å². The summed E-state index contributed by atoms with van der Waals surface area (Å²) in [6.45, 7) is 1.98. The third kappa shape index (κ3) is 4.03. The number of amides is 1. The number of aromatic nitrogens is 1. The van der Waals surface area contributed by atoms with Crippen LogP contribution in [0.1, 0.15) is 17.9 Å². The van der Waals surface area contributed by atoms with Crippen molar-refractivity contribution in [2.24, 2.45) is 0 Å². The van der Waals surface area contributed by atoms with Crippen LogP contribution in [0.5, 0.6) is 0 Å². The van der Waals surface area contributed by atoms with Gasteiger partial charge in [0.2, 0.25) is 5.91 Å². The number of carbonyl (C=O) groups excluding carboxylic acids is 1. The summed E-state index contributed by atoms with van der Waals surface area (Å²) in [5.74, 6) is 1.05. The molecule has 3 rings (SSSR count). The Kier molecular flexibility index (Phi) is 4.96. The number of hydrogen-bond donors (Lipinski definition) is 1. The molecule has 0 saturated heterocycles. The van der Waals surface area contributed by atoms with Crippen LogP contribution in [0.4, 0.5) is 5.69 Å². The Hall–Kier alpha value is -2.59. The van der Waals surface area contributed by atoms with Crippen molar-refractivity contribution in [3.8, 4) is 11.3 Å². The molecule has 0 aliphatic rings. The summed E-state index contributed by atoms with van der Waals surface area (Å²) < 4.78 is 5.69. The summed E-state index contributed by atoms with van der Waals surface area (Å²) in [5, 5.41) is 3.48. The Labute approximate surface area is 145 Å². The van der Waals surface area contributed by atoms with Gasteiger partial charge in [-0.2, -0.15) is 0 Å². The summed E-state index contributed by atoms with van der Waals surface area (Å²) in [6, 6.07) is 15.1. The third-order valence-corrected chi connectivity index (χ3v) is 3.89.